The summed E-state index contributed by atoms with van der Waals surface area (Å²) in [6.07, 6.45) is 4.23. The number of benzene rings is 1. The van der Waals surface area contributed by atoms with E-state index in [4.69, 9.17) is 5.11 Å². The summed E-state index contributed by atoms with van der Waals surface area (Å²) in [6.45, 7) is 1.85. The van der Waals surface area contributed by atoms with Crippen LogP contribution in [0.3, 0.4) is 0 Å². The first-order valence-electron chi connectivity index (χ1n) is 6.49. The van der Waals surface area contributed by atoms with E-state index in [0.717, 1.165) is 29.4 Å². The molecule has 2 nitrogen and oxygen atoms in total. The van der Waals surface area contributed by atoms with Crippen LogP contribution in [0.4, 0.5) is 4.39 Å². The Labute approximate surface area is 116 Å². The molecule has 1 aromatic carbocycles. The van der Waals surface area contributed by atoms with Crippen molar-refractivity contribution in [1.82, 2.24) is 4.90 Å². The second kappa shape index (κ2) is 6.64. The van der Waals surface area contributed by atoms with E-state index < -0.39 is 0 Å². The predicted molar refractivity (Wildman–Crippen MR) is 73.9 cm³/mol. The molecule has 0 atom stereocenters. The molecule has 0 radical (unpaired) electrons. The average Bonchev–Trinajstić information content (AvgIpc) is 3.17. The molecule has 0 aliphatic heterocycles. The smallest absolute Gasteiger partial charge is 0.127 e. The van der Waals surface area contributed by atoms with Crippen LogP contribution in [-0.4, -0.2) is 29.2 Å². The Kier molecular flexibility index (Phi) is 5.15. The van der Waals surface area contributed by atoms with Crippen LogP contribution in [0.5, 0.6) is 0 Å². The molecule has 1 aliphatic rings. The van der Waals surface area contributed by atoms with E-state index in [1.54, 1.807) is 6.07 Å². The fourth-order valence-corrected chi connectivity index (χ4v) is 2.55. The highest BCUT2D eigenvalue weighted by Gasteiger charge is 2.28. The molecule has 1 fully saturated rings. The highest BCUT2D eigenvalue weighted by atomic mass is 79.9. The van der Waals surface area contributed by atoms with E-state index in [1.807, 2.05) is 6.07 Å². The van der Waals surface area contributed by atoms with Crippen molar-refractivity contribution in [1.29, 1.82) is 0 Å². The third-order valence-electron chi connectivity index (χ3n) is 3.30. The molecular formula is C14H19BrFNO. The minimum Gasteiger partial charge on any atom is -0.396 e. The quantitative estimate of drug-likeness (QED) is 0.780. The van der Waals surface area contributed by atoms with Crippen molar-refractivity contribution in [3.05, 3.63) is 34.1 Å². The normalized spacial score (nSPS) is 15.3. The molecule has 1 saturated carbocycles. The fourth-order valence-electron chi connectivity index (χ4n) is 2.14. The van der Waals surface area contributed by atoms with Crippen LogP contribution in [-0.2, 0) is 6.54 Å². The molecule has 1 N–H and O–H groups in total. The van der Waals surface area contributed by atoms with Gasteiger partial charge in [0.2, 0.25) is 0 Å². The summed E-state index contributed by atoms with van der Waals surface area (Å²) in [5, 5.41) is 8.82. The van der Waals surface area contributed by atoms with Gasteiger partial charge < -0.3 is 5.11 Å². The molecule has 18 heavy (non-hydrogen) atoms. The number of rotatable bonds is 7. The number of hydrogen-bond acceptors (Lipinski definition) is 2. The highest BCUT2D eigenvalue weighted by molar-refractivity contribution is 9.10. The van der Waals surface area contributed by atoms with E-state index in [-0.39, 0.29) is 12.4 Å². The van der Waals surface area contributed by atoms with Crippen LogP contribution in [0.15, 0.2) is 22.7 Å². The summed E-state index contributed by atoms with van der Waals surface area (Å²) < 4.78 is 14.6. The van der Waals surface area contributed by atoms with Gasteiger partial charge in [-0.25, -0.2) is 4.39 Å². The van der Waals surface area contributed by atoms with Gasteiger partial charge in [0.15, 0.2) is 0 Å². The van der Waals surface area contributed by atoms with Crippen molar-refractivity contribution in [2.24, 2.45) is 0 Å². The van der Waals surface area contributed by atoms with Gasteiger partial charge in [-0.05, 0) is 50.4 Å². The maximum Gasteiger partial charge on any atom is 0.127 e. The summed E-state index contributed by atoms with van der Waals surface area (Å²) >= 11 is 3.38. The third kappa shape index (κ3) is 4.04. The number of halogens is 2. The molecule has 0 aromatic heterocycles. The minimum atomic E-state index is -0.133. The first kappa shape index (κ1) is 14.0. The maximum atomic E-state index is 13.7. The van der Waals surface area contributed by atoms with Gasteiger partial charge in [0, 0.05) is 29.2 Å². The molecule has 4 heteroatoms. The number of hydrogen-bond donors (Lipinski definition) is 1. The van der Waals surface area contributed by atoms with Crippen LogP contribution in [0.1, 0.15) is 31.2 Å². The van der Waals surface area contributed by atoms with Crippen LogP contribution in [0, 0.1) is 5.82 Å². The predicted octanol–water partition coefficient (Wildman–Crippen LogP) is 3.33. The molecule has 100 valence electrons. The Morgan fingerprint density at radius 1 is 1.33 bits per heavy atom. The fraction of sp³-hybridized carbons (Fsp3) is 0.571. The monoisotopic (exact) mass is 315 g/mol. The Morgan fingerprint density at radius 2 is 2.11 bits per heavy atom. The van der Waals surface area contributed by atoms with Gasteiger partial charge in [-0.1, -0.05) is 15.9 Å². The van der Waals surface area contributed by atoms with Gasteiger partial charge in [0.25, 0.3) is 0 Å². The van der Waals surface area contributed by atoms with E-state index in [9.17, 15) is 4.39 Å². The summed E-state index contributed by atoms with van der Waals surface area (Å²) in [4.78, 5) is 2.33. The SMILES string of the molecule is OCCCCN(Cc1cc(Br)ccc1F)C1CC1. The number of nitrogens with zero attached hydrogens (tertiary/aromatic N) is 1. The van der Waals surface area contributed by atoms with Gasteiger partial charge in [-0.2, -0.15) is 0 Å². The number of unbranched alkanes of at least 4 members (excludes halogenated alkanes) is 1. The Bertz CT molecular complexity index is 395. The summed E-state index contributed by atoms with van der Waals surface area (Å²) in [5.41, 5.74) is 0.750. The van der Waals surface area contributed by atoms with Crippen LogP contribution < -0.4 is 0 Å². The van der Waals surface area contributed by atoms with Crippen LogP contribution in [0.2, 0.25) is 0 Å². The lowest BCUT2D eigenvalue weighted by Gasteiger charge is -2.22. The largest absolute Gasteiger partial charge is 0.396 e. The van der Waals surface area contributed by atoms with Crippen molar-refractivity contribution < 1.29 is 9.50 Å². The lowest BCUT2D eigenvalue weighted by atomic mass is 10.2. The van der Waals surface area contributed by atoms with Crippen molar-refractivity contribution >= 4 is 15.9 Å². The molecule has 0 unspecified atom stereocenters. The number of aliphatic hydroxyl groups is 1. The third-order valence-corrected chi connectivity index (χ3v) is 3.79. The van der Waals surface area contributed by atoms with Crippen molar-refractivity contribution in [2.75, 3.05) is 13.2 Å². The van der Waals surface area contributed by atoms with Gasteiger partial charge in [-0.15, -0.1) is 0 Å². The van der Waals surface area contributed by atoms with Gasteiger partial charge in [0.05, 0.1) is 0 Å². The lowest BCUT2D eigenvalue weighted by molar-refractivity contribution is 0.226. The number of aliphatic hydroxyl groups excluding tert-OH is 1. The zero-order valence-electron chi connectivity index (χ0n) is 10.4. The van der Waals surface area contributed by atoms with E-state index in [0.29, 0.717) is 12.6 Å². The molecule has 0 heterocycles. The second-order valence-electron chi connectivity index (χ2n) is 4.87. The standard InChI is InChI=1S/C14H19BrFNO/c15-12-3-6-14(16)11(9-12)10-17(13-4-5-13)7-1-2-8-18/h3,6,9,13,18H,1-2,4-5,7-8,10H2. The Hall–Kier alpha value is -0.450. The zero-order chi connectivity index (χ0) is 13.0. The summed E-state index contributed by atoms with van der Waals surface area (Å²) in [7, 11) is 0. The molecule has 1 aromatic rings. The molecule has 0 amide bonds. The van der Waals surface area contributed by atoms with E-state index in [2.05, 4.69) is 20.8 Å². The van der Waals surface area contributed by atoms with Crippen molar-refractivity contribution in [3.63, 3.8) is 0 Å². The van der Waals surface area contributed by atoms with Gasteiger partial charge in [-0.3, -0.25) is 4.90 Å². The summed E-state index contributed by atoms with van der Waals surface area (Å²) in [5.74, 6) is -0.133. The molecule has 0 spiro atoms. The Balaban J connectivity index is 1.97. The molecule has 0 saturated heterocycles. The first-order valence-corrected chi connectivity index (χ1v) is 7.29. The Morgan fingerprint density at radius 3 is 2.78 bits per heavy atom. The lowest BCUT2D eigenvalue weighted by Crippen LogP contribution is -2.27. The molecule has 1 aliphatic carbocycles. The van der Waals surface area contributed by atoms with Crippen molar-refractivity contribution in [3.8, 4) is 0 Å². The highest BCUT2D eigenvalue weighted by Crippen LogP contribution is 2.29. The molecular weight excluding hydrogens is 297 g/mol. The second-order valence-corrected chi connectivity index (χ2v) is 5.78. The van der Waals surface area contributed by atoms with Gasteiger partial charge >= 0.3 is 0 Å². The molecule has 0 bridgehead atoms. The van der Waals surface area contributed by atoms with E-state index in [1.165, 1.54) is 18.9 Å². The maximum absolute atomic E-state index is 13.7. The molecule has 2 rings (SSSR count). The minimum absolute atomic E-state index is 0.133. The van der Waals surface area contributed by atoms with Crippen LogP contribution >= 0.6 is 15.9 Å². The van der Waals surface area contributed by atoms with Gasteiger partial charge in [0.1, 0.15) is 5.82 Å². The topological polar surface area (TPSA) is 23.5 Å². The van der Waals surface area contributed by atoms with Crippen molar-refractivity contribution in [2.45, 2.75) is 38.3 Å². The van der Waals surface area contributed by atoms with Crippen LogP contribution in [0.25, 0.3) is 0 Å². The first-order chi connectivity index (χ1) is 8.70. The average molecular weight is 316 g/mol. The van der Waals surface area contributed by atoms with E-state index >= 15 is 0 Å². The summed E-state index contributed by atoms with van der Waals surface area (Å²) in [6, 6.07) is 5.71. The zero-order valence-corrected chi connectivity index (χ0v) is 12.0.